The molecule has 2 atom stereocenters. The zero-order valence-corrected chi connectivity index (χ0v) is 9.27. The lowest BCUT2D eigenvalue weighted by Gasteiger charge is -2.22. The molecule has 0 bridgehead atoms. The minimum absolute atomic E-state index is 0.00801. The first-order valence-electron chi connectivity index (χ1n) is 4.41. The summed E-state index contributed by atoms with van der Waals surface area (Å²) in [6.45, 7) is 6.46. The predicted octanol–water partition coefficient (Wildman–Crippen LogP) is 2.85. The lowest BCUT2D eigenvalue weighted by molar-refractivity contribution is 0.237. The van der Waals surface area contributed by atoms with Crippen LogP contribution in [0, 0.1) is 0 Å². The number of azide groups is 1. The lowest BCUT2D eigenvalue weighted by Crippen LogP contribution is -2.30. The largest absolute Gasteiger partial charge is 0.411 e. The molecule has 0 fully saturated rings. The molecular weight excluding hydrogens is 182 g/mol. The Morgan fingerprint density at radius 1 is 1.46 bits per heavy atom. The van der Waals surface area contributed by atoms with Crippen LogP contribution in [0.2, 0.25) is 19.6 Å². The number of nitrogens with zero attached hydrogens (tertiary/aromatic N) is 3. The number of rotatable bonds is 3. The van der Waals surface area contributed by atoms with Gasteiger partial charge < -0.3 is 4.43 Å². The molecule has 0 saturated heterocycles. The van der Waals surface area contributed by atoms with Gasteiger partial charge in [-0.05, 0) is 31.6 Å². The average Bonchev–Trinajstić information content (AvgIpc) is 2.33. The highest BCUT2D eigenvalue weighted by Crippen LogP contribution is 2.20. The van der Waals surface area contributed by atoms with Crippen molar-refractivity contribution in [3.05, 3.63) is 22.6 Å². The van der Waals surface area contributed by atoms with Crippen LogP contribution >= 0.6 is 0 Å². The summed E-state index contributed by atoms with van der Waals surface area (Å²) >= 11 is 0. The first-order chi connectivity index (χ1) is 6.01. The maximum atomic E-state index is 8.24. The smallest absolute Gasteiger partial charge is 0.184 e. The summed E-state index contributed by atoms with van der Waals surface area (Å²) in [5.74, 6) is 0. The van der Waals surface area contributed by atoms with Gasteiger partial charge in [-0.25, -0.2) is 0 Å². The maximum Gasteiger partial charge on any atom is 0.184 e. The van der Waals surface area contributed by atoms with Gasteiger partial charge >= 0.3 is 0 Å². The molecule has 0 radical (unpaired) electrons. The molecule has 0 N–H and O–H groups in total. The molecule has 0 spiro atoms. The third kappa shape index (κ3) is 3.63. The van der Waals surface area contributed by atoms with Crippen molar-refractivity contribution in [2.45, 2.75) is 38.2 Å². The Morgan fingerprint density at radius 2 is 2.15 bits per heavy atom. The maximum absolute atomic E-state index is 8.24. The van der Waals surface area contributed by atoms with Crippen LogP contribution < -0.4 is 0 Å². The van der Waals surface area contributed by atoms with E-state index in [0.717, 1.165) is 6.42 Å². The Bertz CT molecular complexity index is 253. The third-order valence-corrected chi connectivity index (χ3v) is 2.74. The molecule has 0 heterocycles. The fourth-order valence-corrected chi connectivity index (χ4v) is 2.42. The van der Waals surface area contributed by atoms with Gasteiger partial charge in [0.25, 0.3) is 0 Å². The van der Waals surface area contributed by atoms with Gasteiger partial charge in [-0.3, -0.25) is 0 Å². The van der Waals surface area contributed by atoms with Crippen LogP contribution in [0.5, 0.6) is 0 Å². The van der Waals surface area contributed by atoms with E-state index in [1.807, 2.05) is 12.2 Å². The van der Waals surface area contributed by atoms with E-state index in [1.165, 1.54) is 0 Å². The normalized spacial score (nSPS) is 27.3. The molecule has 0 unspecified atom stereocenters. The minimum Gasteiger partial charge on any atom is -0.411 e. The summed E-state index contributed by atoms with van der Waals surface area (Å²) in [4.78, 5) is 2.78. The van der Waals surface area contributed by atoms with Gasteiger partial charge in [-0.1, -0.05) is 17.3 Å². The van der Waals surface area contributed by atoms with E-state index in [-0.39, 0.29) is 12.1 Å². The number of hydrogen-bond donors (Lipinski definition) is 0. The Morgan fingerprint density at radius 3 is 2.69 bits per heavy atom. The fraction of sp³-hybridized carbons (Fsp3) is 0.750. The molecular formula is C8H15N3OSi. The van der Waals surface area contributed by atoms with E-state index < -0.39 is 8.32 Å². The molecule has 0 aliphatic heterocycles. The van der Waals surface area contributed by atoms with Gasteiger partial charge in [-0.15, -0.1) is 0 Å². The molecule has 1 aliphatic rings. The van der Waals surface area contributed by atoms with Crippen molar-refractivity contribution in [2.75, 3.05) is 0 Å². The molecule has 1 rings (SSSR count). The zero-order chi connectivity index (χ0) is 9.90. The highest BCUT2D eigenvalue weighted by molar-refractivity contribution is 6.69. The fourth-order valence-electron chi connectivity index (χ4n) is 1.34. The van der Waals surface area contributed by atoms with Crippen LogP contribution in [-0.4, -0.2) is 20.5 Å². The molecule has 1 aliphatic carbocycles. The van der Waals surface area contributed by atoms with Gasteiger partial charge in [0.05, 0.1) is 12.1 Å². The van der Waals surface area contributed by atoms with E-state index in [0.29, 0.717) is 0 Å². The summed E-state index contributed by atoms with van der Waals surface area (Å²) in [5, 5.41) is 3.63. The number of hydrogen-bond acceptors (Lipinski definition) is 2. The topological polar surface area (TPSA) is 58.0 Å². The molecule has 0 saturated carbocycles. The predicted molar refractivity (Wildman–Crippen MR) is 54.9 cm³/mol. The quantitative estimate of drug-likeness (QED) is 0.226. The first-order valence-corrected chi connectivity index (χ1v) is 7.82. The zero-order valence-electron chi connectivity index (χ0n) is 8.27. The highest BCUT2D eigenvalue weighted by Gasteiger charge is 2.24. The Kier molecular flexibility index (Phi) is 3.14. The highest BCUT2D eigenvalue weighted by atomic mass is 28.4. The second kappa shape index (κ2) is 3.96. The van der Waals surface area contributed by atoms with Crippen molar-refractivity contribution in [2.24, 2.45) is 5.11 Å². The van der Waals surface area contributed by atoms with Crippen LogP contribution in [0.15, 0.2) is 17.3 Å². The van der Waals surface area contributed by atoms with Crippen molar-refractivity contribution in [1.82, 2.24) is 0 Å². The monoisotopic (exact) mass is 197 g/mol. The molecule has 0 aromatic heterocycles. The van der Waals surface area contributed by atoms with Crippen molar-refractivity contribution in [3.63, 3.8) is 0 Å². The molecule has 5 heteroatoms. The van der Waals surface area contributed by atoms with Gasteiger partial charge in [0.2, 0.25) is 0 Å². The van der Waals surface area contributed by atoms with Gasteiger partial charge in [0.15, 0.2) is 8.32 Å². The van der Waals surface area contributed by atoms with Gasteiger partial charge in [0.1, 0.15) is 0 Å². The van der Waals surface area contributed by atoms with Crippen molar-refractivity contribution in [3.8, 4) is 0 Å². The van der Waals surface area contributed by atoms with E-state index in [4.69, 9.17) is 9.96 Å². The van der Waals surface area contributed by atoms with Gasteiger partial charge in [-0.2, -0.15) is 0 Å². The minimum atomic E-state index is -1.46. The van der Waals surface area contributed by atoms with Crippen LogP contribution in [0.1, 0.15) is 6.42 Å². The standard InChI is InChI=1S/C8H15N3OSi/c1-13(2,3)12-8-5-4-7(6-8)10-11-9/h4-5,7-8H,6H2,1-3H3/t7-,8+/m0/s1. The molecule has 0 amide bonds. The van der Waals surface area contributed by atoms with Crippen molar-refractivity contribution < 1.29 is 4.43 Å². The Balaban J connectivity index is 2.43. The Labute approximate surface area is 79.3 Å². The molecule has 4 nitrogen and oxygen atoms in total. The summed E-state index contributed by atoms with van der Waals surface area (Å²) in [7, 11) is -1.46. The van der Waals surface area contributed by atoms with Gasteiger partial charge in [0, 0.05) is 4.91 Å². The Hall–Kier alpha value is -0.773. The molecule has 13 heavy (non-hydrogen) atoms. The molecule has 0 aromatic rings. The summed E-state index contributed by atoms with van der Waals surface area (Å²) < 4.78 is 5.84. The second-order valence-corrected chi connectivity index (χ2v) is 8.62. The third-order valence-electron chi connectivity index (χ3n) is 1.73. The van der Waals surface area contributed by atoms with Crippen LogP contribution in [0.25, 0.3) is 10.4 Å². The summed E-state index contributed by atoms with van der Waals surface area (Å²) in [6.07, 6.45) is 4.87. The van der Waals surface area contributed by atoms with Crippen LogP contribution in [0.4, 0.5) is 0 Å². The molecule has 72 valence electrons. The average molecular weight is 197 g/mol. The second-order valence-electron chi connectivity index (χ2n) is 4.16. The summed E-state index contributed by atoms with van der Waals surface area (Å²) in [5.41, 5.74) is 8.24. The summed E-state index contributed by atoms with van der Waals surface area (Å²) in [6, 6.07) is -0.00801. The lowest BCUT2D eigenvalue weighted by atomic mass is 10.2. The SMILES string of the molecule is C[Si](C)(C)O[C@@H]1C=C[C@H](N=[N+]=[N-])C1. The first kappa shape index (κ1) is 10.3. The van der Waals surface area contributed by atoms with Crippen molar-refractivity contribution in [1.29, 1.82) is 0 Å². The van der Waals surface area contributed by atoms with E-state index in [2.05, 4.69) is 29.7 Å². The van der Waals surface area contributed by atoms with E-state index in [1.54, 1.807) is 0 Å². The van der Waals surface area contributed by atoms with E-state index >= 15 is 0 Å². The van der Waals surface area contributed by atoms with Crippen LogP contribution in [0.3, 0.4) is 0 Å². The molecule has 0 aromatic carbocycles. The van der Waals surface area contributed by atoms with Crippen LogP contribution in [-0.2, 0) is 4.43 Å². The van der Waals surface area contributed by atoms with E-state index in [9.17, 15) is 0 Å². The van der Waals surface area contributed by atoms with Crippen molar-refractivity contribution >= 4 is 8.32 Å².